The van der Waals surface area contributed by atoms with Gasteiger partial charge in [0, 0.05) is 4.47 Å². The van der Waals surface area contributed by atoms with E-state index < -0.39 is 0 Å². The molecule has 0 aliphatic heterocycles. The minimum atomic E-state index is -0.310. The maximum absolute atomic E-state index is 13.0. The molecular formula is C13H8BrFN2OS. The summed E-state index contributed by atoms with van der Waals surface area (Å²) in [4.78, 5) is 16.4. The Morgan fingerprint density at radius 1 is 1.37 bits per heavy atom. The van der Waals surface area contributed by atoms with Gasteiger partial charge in [-0.2, -0.15) is 0 Å². The first-order valence-electron chi connectivity index (χ1n) is 5.52. The van der Waals surface area contributed by atoms with Crippen molar-refractivity contribution in [2.24, 2.45) is 0 Å². The van der Waals surface area contributed by atoms with E-state index in [-0.39, 0.29) is 11.4 Å². The number of halogens is 2. The molecular weight excluding hydrogens is 331 g/mol. The molecule has 0 aliphatic rings. The van der Waals surface area contributed by atoms with Gasteiger partial charge in [0.2, 0.25) is 0 Å². The van der Waals surface area contributed by atoms with Gasteiger partial charge in [-0.25, -0.2) is 9.37 Å². The maximum atomic E-state index is 13.0. The van der Waals surface area contributed by atoms with Crippen LogP contribution < -0.4 is 5.56 Å². The Balaban J connectivity index is 2.05. The Kier molecular flexibility index (Phi) is 3.20. The lowest BCUT2D eigenvalue weighted by atomic mass is 10.2. The second kappa shape index (κ2) is 4.86. The molecule has 0 spiro atoms. The van der Waals surface area contributed by atoms with Crippen molar-refractivity contribution < 1.29 is 4.39 Å². The summed E-state index contributed by atoms with van der Waals surface area (Å²) in [7, 11) is 0. The molecule has 96 valence electrons. The SMILES string of the molecule is O=c1c2sccc2ncn1Cc1ccc(F)cc1Br. The van der Waals surface area contributed by atoms with Crippen molar-refractivity contribution in [1.29, 1.82) is 0 Å². The van der Waals surface area contributed by atoms with E-state index in [2.05, 4.69) is 20.9 Å². The molecule has 6 heteroatoms. The van der Waals surface area contributed by atoms with E-state index in [1.807, 2.05) is 11.4 Å². The van der Waals surface area contributed by atoms with Gasteiger partial charge < -0.3 is 0 Å². The maximum Gasteiger partial charge on any atom is 0.271 e. The van der Waals surface area contributed by atoms with Crippen LogP contribution in [0.25, 0.3) is 10.2 Å². The highest BCUT2D eigenvalue weighted by atomic mass is 79.9. The van der Waals surface area contributed by atoms with Gasteiger partial charge in [-0.15, -0.1) is 11.3 Å². The fraction of sp³-hybridized carbons (Fsp3) is 0.0769. The van der Waals surface area contributed by atoms with Crippen molar-refractivity contribution in [2.75, 3.05) is 0 Å². The average Bonchev–Trinajstić information content (AvgIpc) is 2.85. The molecule has 0 atom stereocenters. The van der Waals surface area contributed by atoms with Crippen molar-refractivity contribution in [3.05, 3.63) is 62.2 Å². The predicted molar refractivity (Wildman–Crippen MR) is 77.1 cm³/mol. The summed E-state index contributed by atoms with van der Waals surface area (Å²) in [5, 5.41) is 1.84. The number of nitrogens with zero attached hydrogens (tertiary/aromatic N) is 2. The van der Waals surface area contributed by atoms with Crippen molar-refractivity contribution in [3.63, 3.8) is 0 Å². The van der Waals surface area contributed by atoms with Gasteiger partial charge in [0.1, 0.15) is 10.5 Å². The molecule has 0 saturated heterocycles. The summed E-state index contributed by atoms with van der Waals surface area (Å²) in [6.07, 6.45) is 1.52. The van der Waals surface area contributed by atoms with Crippen LogP contribution in [0.3, 0.4) is 0 Å². The van der Waals surface area contributed by atoms with Crippen LogP contribution in [-0.4, -0.2) is 9.55 Å². The molecule has 1 aromatic carbocycles. The van der Waals surface area contributed by atoms with Crippen LogP contribution in [0.4, 0.5) is 4.39 Å². The molecule has 3 rings (SSSR count). The van der Waals surface area contributed by atoms with E-state index in [9.17, 15) is 9.18 Å². The number of hydrogen-bond donors (Lipinski definition) is 0. The lowest BCUT2D eigenvalue weighted by Crippen LogP contribution is -2.20. The fourth-order valence-corrected chi connectivity index (χ4v) is 3.09. The number of thiophene rings is 1. The van der Waals surface area contributed by atoms with Gasteiger partial charge in [0.15, 0.2) is 0 Å². The van der Waals surface area contributed by atoms with Gasteiger partial charge in [0.25, 0.3) is 5.56 Å². The second-order valence-electron chi connectivity index (χ2n) is 4.05. The molecule has 0 unspecified atom stereocenters. The highest BCUT2D eigenvalue weighted by Crippen LogP contribution is 2.19. The summed E-state index contributed by atoms with van der Waals surface area (Å²) in [6, 6.07) is 6.24. The molecule has 2 heterocycles. The molecule has 0 amide bonds. The van der Waals surface area contributed by atoms with E-state index in [1.165, 1.54) is 34.4 Å². The lowest BCUT2D eigenvalue weighted by Gasteiger charge is -2.07. The van der Waals surface area contributed by atoms with Crippen LogP contribution in [0.5, 0.6) is 0 Å². The van der Waals surface area contributed by atoms with Gasteiger partial charge in [-0.3, -0.25) is 9.36 Å². The van der Waals surface area contributed by atoms with Crippen LogP contribution in [-0.2, 0) is 6.54 Å². The predicted octanol–water partition coefficient (Wildman–Crippen LogP) is 3.41. The minimum Gasteiger partial charge on any atom is -0.293 e. The first-order chi connectivity index (χ1) is 9.15. The molecule has 0 radical (unpaired) electrons. The largest absolute Gasteiger partial charge is 0.293 e. The number of fused-ring (bicyclic) bond motifs is 1. The van der Waals surface area contributed by atoms with Gasteiger partial charge in [0.05, 0.1) is 18.4 Å². The van der Waals surface area contributed by atoms with Crippen LogP contribution in [0, 0.1) is 5.82 Å². The summed E-state index contributed by atoms with van der Waals surface area (Å²) in [5.74, 6) is -0.310. The fourth-order valence-electron chi connectivity index (χ4n) is 1.83. The Hall–Kier alpha value is -1.53. The van der Waals surface area contributed by atoms with E-state index in [0.717, 1.165) is 5.56 Å². The standard InChI is InChI=1S/C13H8BrFN2OS/c14-10-5-9(15)2-1-8(10)6-17-7-16-11-3-4-19-12(11)13(17)18/h1-5,7H,6H2. The molecule has 2 aromatic heterocycles. The van der Waals surface area contributed by atoms with Crippen molar-refractivity contribution >= 4 is 37.5 Å². The lowest BCUT2D eigenvalue weighted by molar-refractivity contribution is 0.624. The highest BCUT2D eigenvalue weighted by molar-refractivity contribution is 9.10. The molecule has 3 aromatic rings. The van der Waals surface area contributed by atoms with E-state index in [0.29, 0.717) is 21.2 Å². The number of rotatable bonds is 2. The number of aromatic nitrogens is 2. The molecule has 0 N–H and O–H groups in total. The van der Waals surface area contributed by atoms with Crippen LogP contribution in [0.2, 0.25) is 0 Å². The zero-order chi connectivity index (χ0) is 13.4. The summed E-state index contributed by atoms with van der Waals surface area (Å²) < 4.78 is 15.8. The normalized spacial score (nSPS) is 11.1. The molecule has 19 heavy (non-hydrogen) atoms. The minimum absolute atomic E-state index is 0.0729. The number of benzene rings is 1. The van der Waals surface area contributed by atoms with E-state index in [4.69, 9.17) is 0 Å². The summed E-state index contributed by atoms with van der Waals surface area (Å²) in [5.41, 5.74) is 1.47. The molecule has 0 bridgehead atoms. The Labute approximate surface area is 120 Å². The molecule has 0 fully saturated rings. The first kappa shape index (κ1) is 12.5. The highest BCUT2D eigenvalue weighted by Gasteiger charge is 2.08. The van der Waals surface area contributed by atoms with Crippen LogP contribution in [0.15, 0.2) is 45.2 Å². The van der Waals surface area contributed by atoms with Gasteiger partial charge in [-0.1, -0.05) is 22.0 Å². The molecule has 0 saturated carbocycles. The zero-order valence-corrected chi connectivity index (χ0v) is 12.0. The van der Waals surface area contributed by atoms with Crippen molar-refractivity contribution in [3.8, 4) is 0 Å². The quantitative estimate of drug-likeness (QED) is 0.717. The first-order valence-corrected chi connectivity index (χ1v) is 7.19. The smallest absolute Gasteiger partial charge is 0.271 e. The monoisotopic (exact) mass is 338 g/mol. The third-order valence-electron chi connectivity index (χ3n) is 2.79. The average molecular weight is 339 g/mol. The third kappa shape index (κ3) is 2.33. The topological polar surface area (TPSA) is 34.9 Å². The van der Waals surface area contributed by atoms with Gasteiger partial charge >= 0.3 is 0 Å². The van der Waals surface area contributed by atoms with Crippen molar-refractivity contribution in [1.82, 2.24) is 9.55 Å². The number of hydrogen-bond acceptors (Lipinski definition) is 3. The Morgan fingerprint density at radius 2 is 2.21 bits per heavy atom. The van der Waals surface area contributed by atoms with E-state index in [1.54, 1.807) is 6.07 Å². The summed E-state index contributed by atoms with van der Waals surface area (Å²) >= 11 is 4.68. The van der Waals surface area contributed by atoms with E-state index >= 15 is 0 Å². The van der Waals surface area contributed by atoms with Crippen LogP contribution >= 0.6 is 27.3 Å². The third-order valence-corrected chi connectivity index (χ3v) is 4.42. The van der Waals surface area contributed by atoms with Crippen LogP contribution in [0.1, 0.15) is 5.56 Å². The second-order valence-corrected chi connectivity index (χ2v) is 5.82. The Morgan fingerprint density at radius 3 is 3.00 bits per heavy atom. The Bertz CT molecular complexity index is 812. The van der Waals surface area contributed by atoms with Gasteiger partial charge in [-0.05, 0) is 29.1 Å². The molecule has 3 nitrogen and oxygen atoms in total. The van der Waals surface area contributed by atoms with Crippen molar-refractivity contribution in [2.45, 2.75) is 6.54 Å². The summed E-state index contributed by atoms with van der Waals surface area (Å²) in [6.45, 7) is 0.362. The zero-order valence-electron chi connectivity index (χ0n) is 9.64. The molecule has 0 aliphatic carbocycles.